The molecule has 10 heteroatoms. The molecule has 1 saturated heterocycles. The number of benzene rings is 2. The topological polar surface area (TPSA) is 117 Å². The standard InChI is InChI=1S/C20H22N4O5S/c1-15(25)22-18-7-5-16(6-8-18)14-21-23-20(26)17-3-2-4-19(13-17)30(27,28)24-9-11-29-12-10-24/h2-8,13-14H,9-12H2,1H3,(H,22,25)(H,23,26)/b21-14-. The molecule has 2 amide bonds. The molecule has 9 nitrogen and oxygen atoms in total. The lowest BCUT2D eigenvalue weighted by Gasteiger charge is -2.26. The molecule has 3 rings (SSSR count). The quantitative estimate of drug-likeness (QED) is 0.531. The molecule has 1 aliphatic rings. The second-order valence-electron chi connectivity index (χ2n) is 6.55. The lowest BCUT2D eigenvalue weighted by molar-refractivity contribution is -0.114. The van der Waals surface area contributed by atoms with Gasteiger partial charge in [0, 0.05) is 31.3 Å². The van der Waals surface area contributed by atoms with Gasteiger partial charge in [0.2, 0.25) is 15.9 Å². The van der Waals surface area contributed by atoms with Crippen LogP contribution >= 0.6 is 0 Å². The molecule has 0 saturated carbocycles. The van der Waals surface area contributed by atoms with Crippen molar-refractivity contribution in [3.63, 3.8) is 0 Å². The summed E-state index contributed by atoms with van der Waals surface area (Å²) in [6.07, 6.45) is 1.45. The molecule has 1 heterocycles. The van der Waals surface area contributed by atoms with Crippen LogP contribution in [0.4, 0.5) is 5.69 Å². The van der Waals surface area contributed by atoms with Gasteiger partial charge in [0.1, 0.15) is 0 Å². The predicted molar refractivity (Wildman–Crippen MR) is 112 cm³/mol. The van der Waals surface area contributed by atoms with Crippen molar-refractivity contribution < 1.29 is 22.7 Å². The van der Waals surface area contributed by atoms with Gasteiger partial charge in [0.15, 0.2) is 0 Å². The van der Waals surface area contributed by atoms with Gasteiger partial charge in [-0.25, -0.2) is 13.8 Å². The van der Waals surface area contributed by atoms with Gasteiger partial charge in [0.25, 0.3) is 5.91 Å². The van der Waals surface area contributed by atoms with Crippen molar-refractivity contribution >= 4 is 33.7 Å². The third-order valence-corrected chi connectivity index (χ3v) is 6.21. The van der Waals surface area contributed by atoms with Crippen molar-refractivity contribution in [3.05, 3.63) is 59.7 Å². The second kappa shape index (κ2) is 9.61. The first-order chi connectivity index (χ1) is 14.4. The van der Waals surface area contributed by atoms with Crippen LogP contribution in [0.3, 0.4) is 0 Å². The molecule has 0 radical (unpaired) electrons. The van der Waals surface area contributed by atoms with Crippen LogP contribution in [0.1, 0.15) is 22.8 Å². The van der Waals surface area contributed by atoms with E-state index in [0.717, 1.165) is 0 Å². The second-order valence-corrected chi connectivity index (χ2v) is 8.48. The molecule has 158 valence electrons. The number of carbonyl (C=O) groups is 2. The third kappa shape index (κ3) is 5.50. The van der Waals surface area contributed by atoms with Gasteiger partial charge in [-0.2, -0.15) is 9.41 Å². The first-order valence-electron chi connectivity index (χ1n) is 9.25. The Hall–Kier alpha value is -3.08. The monoisotopic (exact) mass is 430 g/mol. The van der Waals surface area contributed by atoms with Crippen LogP contribution in [0, 0.1) is 0 Å². The number of carbonyl (C=O) groups excluding carboxylic acids is 2. The zero-order valence-corrected chi connectivity index (χ0v) is 17.2. The summed E-state index contributed by atoms with van der Waals surface area (Å²) in [5, 5.41) is 6.56. The first kappa shape index (κ1) is 21.6. The number of sulfonamides is 1. The van der Waals surface area contributed by atoms with E-state index < -0.39 is 15.9 Å². The minimum Gasteiger partial charge on any atom is -0.379 e. The molecule has 1 aliphatic heterocycles. The summed E-state index contributed by atoms with van der Waals surface area (Å²) in [6, 6.07) is 12.7. The van der Waals surface area contributed by atoms with Crippen molar-refractivity contribution in [1.82, 2.24) is 9.73 Å². The van der Waals surface area contributed by atoms with E-state index in [4.69, 9.17) is 4.74 Å². The molecule has 0 atom stereocenters. The highest BCUT2D eigenvalue weighted by atomic mass is 32.2. The minimum atomic E-state index is -3.69. The van der Waals surface area contributed by atoms with Gasteiger partial charge < -0.3 is 10.1 Å². The van der Waals surface area contributed by atoms with E-state index in [-0.39, 0.29) is 29.5 Å². The minimum absolute atomic E-state index is 0.0505. The largest absolute Gasteiger partial charge is 0.379 e. The number of hydrogen-bond donors (Lipinski definition) is 2. The number of anilines is 1. The van der Waals surface area contributed by atoms with E-state index in [1.54, 1.807) is 24.3 Å². The Morgan fingerprint density at radius 2 is 1.80 bits per heavy atom. The summed E-state index contributed by atoms with van der Waals surface area (Å²) in [6.45, 7) is 2.68. The van der Waals surface area contributed by atoms with Gasteiger partial charge in [0.05, 0.1) is 24.3 Å². The average molecular weight is 430 g/mol. The zero-order chi connectivity index (χ0) is 21.6. The van der Waals surface area contributed by atoms with Gasteiger partial charge in [-0.3, -0.25) is 9.59 Å². The highest BCUT2D eigenvalue weighted by Crippen LogP contribution is 2.18. The van der Waals surface area contributed by atoms with Crippen LogP contribution in [0.5, 0.6) is 0 Å². The van der Waals surface area contributed by atoms with Crippen LogP contribution in [0.25, 0.3) is 0 Å². The highest BCUT2D eigenvalue weighted by molar-refractivity contribution is 7.89. The summed E-state index contributed by atoms with van der Waals surface area (Å²) in [7, 11) is -3.69. The molecule has 0 aromatic heterocycles. The average Bonchev–Trinajstić information content (AvgIpc) is 2.75. The molecule has 2 aromatic rings. The fourth-order valence-electron chi connectivity index (χ4n) is 2.82. The van der Waals surface area contributed by atoms with Crippen LogP contribution < -0.4 is 10.7 Å². The maximum Gasteiger partial charge on any atom is 0.271 e. The van der Waals surface area contributed by atoms with Crippen molar-refractivity contribution in [3.8, 4) is 0 Å². The molecule has 1 fully saturated rings. The Balaban J connectivity index is 1.65. The van der Waals surface area contributed by atoms with Gasteiger partial charge >= 0.3 is 0 Å². The Morgan fingerprint density at radius 3 is 2.47 bits per heavy atom. The Labute approximate surface area is 174 Å². The third-order valence-electron chi connectivity index (χ3n) is 4.31. The molecular weight excluding hydrogens is 408 g/mol. The summed E-state index contributed by atoms with van der Waals surface area (Å²) in [4.78, 5) is 23.4. The molecular formula is C20H22N4O5S. The van der Waals surface area contributed by atoms with Crippen molar-refractivity contribution in [1.29, 1.82) is 0 Å². The van der Waals surface area contributed by atoms with Gasteiger partial charge in [-0.05, 0) is 35.9 Å². The molecule has 0 aliphatic carbocycles. The van der Waals surface area contributed by atoms with Crippen molar-refractivity contribution in [2.45, 2.75) is 11.8 Å². The number of ether oxygens (including phenoxy) is 1. The smallest absolute Gasteiger partial charge is 0.271 e. The molecule has 0 unspecified atom stereocenters. The van der Waals surface area contributed by atoms with E-state index in [1.807, 2.05) is 0 Å². The molecule has 30 heavy (non-hydrogen) atoms. The number of amides is 2. The van der Waals surface area contributed by atoms with E-state index in [1.165, 1.54) is 41.7 Å². The molecule has 2 N–H and O–H groups in total. The van der Waals surface area contributed by atoms with Crippen LogP contribution in [0.15, 0.2) is 58.5 Å². The fourth-order valence-corrected chi connectivity index (χ4v) is 4.27. The van der Waals surface area contributed by atoms with E-state index in [2.05, 4.69) is 15.8 Å². The summed E-state index contributed by atoms with van der Waals surface area (Å²) < 4.78 is 32.0. The number of hydrogen-bond acceptors (Lipinski definition) is 6. The number of rotatable bonds is 6. The number of nitrogens with zero attached hydrogens (tertiary/aromatic N) is 2. The zero-order valence-electron chi connectivity index (χ0n) is 16.4. The SMILES string of the molecule is CC(=O)Nc1ccc(/C=N\NC(=O)c2cccc(S(=O)(=O)N3CCOCC3)c2)cc1. The Kier molecular flexibility index (Phi) is 6.93. The summed E-state index contributed by atoms with van der Waals surface area (Å²) >= 11 is 0. The maximum atomic E-state index is 12.7. The number of morpholine rings is 1. The van der Waals surface area contributed by atoms with Gasteiger partial charge in [-0.15, -0.1) is 0 Å². The molecule has 0 bridgehead atoms. The van der Waals surface area contributed by atoms with E-state index in [9.17, 15) is 18.0 Å². The van der Waals surface area contributed by atoms with Crippen LogP contribution in [-0.2, 0) is 19.6 Å². The predicted octanol–water partition coefficient (Wildman–Crippen LogP) is 1.43. The van der Waals surface area contributed by atoms with Crippen molar-refractivity contribution in [2.75, 3.05) is 31.6 Å². The Bertz CT molecular complexity index is 1050. The summed E-state index contributed by atoms with van der Waals surface area (Å²) in [5.41, 5.74) is 3.94. The number of hydrazone groups is 1. The maximum absolute atomic E-state index is 12.7. The molecule has 0 spiro atoms. The van der Waals surface area contributed by atoms with Gasteiger partial charge in [-0.1, -0.05) is 18.2 Å². The van der Waals surface area contributed by atoms with E-state index >= 15 is 0 Å². The highest BCUT2D eigenvalue weighted by Gasteiger charge is 2.26. The van der Waals surface area contributed by atoms with Crippen LogP contribution in [0.2, 0.25) is 0 Å². The van der Waals surface area contributed by atoms with Crippen LogP contribution in [-0.4, -0.2) is 57.1 Å². The first-order valence-corrected chi connectivity index (χ1v) is 10.7. The fraction of sp³-hybridized carbons (Fsp3) is 0.250. The van der Waals surface area contributed by atoms with E-state index in [0.29, 0.717) is 24.5 Å². The lowest BCUT2D eigenvalue weighted by atomic mass is 10.2. The van der Waals surface area contributed by atoms with Crippen molar-refractivity contribution in [2.24, 2.45) is 5.10 Å². The number of nitrogens with one attached hydrogen (secondary N) is 2. The summed E-state index contributed by atoms with van der Waals surface area (Å²) in [5.74, 6) is -0.693. The normalized spacial score (nSPS) is 15.1. The lowest BCUT2D eigenvalue weighted by Crippen LogP contribution is -2.40. The molecule has 2 aromatic carbocycles. The Morgan fingerprint density at radius 1 is 1.10 bits per heavy atom.